The zero-order chi connectivity index (χ0) is 12.4. The summed E-state index contributed by atoms with van der Waals surface area (Å²) in [5, 5.41) is 2.83. The van der Waals surface area contributed by atoms with Gasteiger partial charge in [-0.05, 0) is 41.9 Å². The normalized spacial score (nSPS) is 12.4. The van der Waals surface area contributed by atoms with Crippen LogP contribution in [0.25, 0.3) is 0 Å². The molecule has 0 spiro atoms. The fraction of sp³-hybridized carbons (Fsp3) is 0.273. The quantitative estimate of drug-likeness (QED) is 0.945. The van der Waals surface area contributed by atoms with E-state index in [1.54, 1.807) is 12.3 Å². The van der Waals surface area contributed by atoms with Crippen LogP contribution >= 0.6 is 27.3 Å². The molecule has 0 aliphatic carbocycles. The average Bonchev–Trinajstić information content (AvgIpc) is 2.87. The van der Waals surface area contributed by atoms with Gasteiger partial charge in [0.05, 0.1) is 14.9 Å². The van der Waals surface area contributed by atoms with Crippen LogP contribution in [-0.2, 0) is 0 Å². The number of aryl methyl sites for hydroxylation is 1. The van der Waals surface area contributed by atoms with E-state index < -0.39 is 0 Å². The molecule has 1 atom stereocenters. The summed E-state index contributed by atoms with van der Waals surface area (Å²) in [6, 6.07) is 3.38. The van der Waals surface area contributed by atoms with Crippen molar-refractivity contribution < 1.29 is 9.21 Å². The summed E-state index contributed by atoms with van der Waals surface area (Å²) < 4.78 is 6.29. The Morgan fingerprint density at radius 2 is 2.35 bits per heavy atom. The molecule has 0 radical (unpaired) electrons. The van der Waals surface area contributed by atoms with Gasteiger partial charge in [0.15, 0.2) is 0 Å². The number of carbonyl (C=O) groups is 1. The molecule has 90 valence electrons. The molecule has 0 aliphatic rings. The molecule has 1 N–H and O–H groups in total. The number of oxazole rings is 1. The third-order valence-corrected chi connectivity index (χ3v) is 3.78. The highest BCUT2D eigenvalue weighted by Gasteiger charge is 2.16. The van der Waals surface area contributed by atoms with E-state index in [4.69, 9.17) is 4.42 Å². The molecule has 1 amide bonds. The molecule has 1 unspecified atom stereocenters. The molecular formula is C11H11BrN2O2S. The molecule has 2 rings (SSSR count). The van der Waals surface area contributed by atoms with Crippen molar-refractivity contribution >= 4 is 33.2 Å². The number of hydrogen-bond acceptors (Lipinski definition) is 4. The summed E-state index contributed by atoms with van der Waals surface area (Å²) in [5.74, 6) is 1.13. The average molecular weight is 315 g/mol. The van der Waals surface area contributed by atoms with Gasteiger partial charge in [0, 0.05) is 0 Å². The van der Waals surface area contributed by atoms with Crippen LogP contribution in [-0.4, -0.2) is 10.9 Å². The molecule has 17 heavy (non-hydrogen) atoms. The highest BCUT2D eigenvalue weighted by atomic mass is 79.9. The van der Waals surface area contributed by atoms with E-state index >= 15 is 0 Å². The molecular weight excluding hydrogens is 304 g/mol. The molecule has 0 aliphatic heterocycles. The Morgan fingerprint density at radius 1 is 1.59 bits per heavy atom. The number of nitrogens with one attached hydrogen (secondary N) is 1. The zero-order valence-corrected chi connectivity index (χ0v) is 11.8. The molecule has 6 heteroatoms. The highest BCUT2D eigenvalue weighted by molar-refractivity contribution is 9.11. The van der Waals surface area contributed by atoms with E-state index in [9.17, 15) is 4.79 Å². The minimum atomic E-state index is -0.239. The lowest BCUT2D eigenvalue weighted by Gasteiger charge is -2.08. The lowest BCUT2D eigenvalue weighted by Crippen LogP contribution is -2.26. The molecule has 4 nitrogen and oxygen atoms in total. The number of halogens is 1. The van der Waals surface area contributed by atoms with Crippen molar-refractivity contribution in [1.29, 1.82) is 0 Å². The number of carbonyl (C=O) groups excluding carboxylic acids is 1. The van der Waals surface area contributed by atoms with Gasteiger partial charge in [-0.1, -0.05) is 0 Å². The van der Waals surface area contributed by atoms with Gasteiger partial charge in [-0.3, -0.25) is 4.79 Å². The van der Waals surface area contributed by atoms with Gasteiger partial charge in [-0.2, -0.15) is 0 Å². The molecule has 0 aromatic carbocycles. The standard InChI is InChI=1S/C11H11BrN2O2S/c1-6-5-13-11(16-6)7(2)14-10(15)8-3-4-9(12)17-8/h3-5,7H,1-2H3,(H,14,15). The minimum absolute atomic E-state index is 0.121. The third kappa shape index (κ3) is 2.95. The first-order valence-corrected chi connectivity index (χ1v) is 6.65. The summed E-state index contributed by atoms with van der Waals surface area (Å²) in [5.41, 5.74) is 0. The Kier molecular flexibility index (Phi) is 3.63. The first-order valence-electron chi connectivity index (χ1n) is 5.05. The summed E-state index contributed by atoms with van der Waals surface area (Å²) in [6.45, 7) is 3.66. The molecule has 0 saturated heterocycles. The number of nitrogens with zero attached hydrogens (tertiary/aromatic N) is 1. The minimum Gasteiger partial charge on any atom is -0.444 e. The predicted octanol–water partition coefficient (Wildman–Crippen LogP) is 3.30. The van der Waals surface area contributed by atoms with Crippen molar-refractivity contribution in [2.45, 2.75) is 19.9 Å². The van der Waals surface area contributed by atoms with E-state index in [-0.39, 0.29) is 11.9 Å². The number of thiophene rings is 1. The van der Waals surface area contributed by atoms with Crippen molar-refractivity contribution in [2.75, 3.05) is 0 Å². The van der Waals surface area contributed by atoms with Crippen molar-refractivity contribution in [3.05, 3.63) is 38.6 Å². The largest absolute Gasteiger partial charge is 0.444 e. The Morgan fingerprint density at radius 3 is 2.88 bits per heavy atom. The van der Waals surface area contributed by atoms with Crippen LogP contribution in [0.4, 0.5) is 0 Å². The second kappa shape index (κ2) is 5.01. The van der Waals surface area contributed by atoms with E-state index in [2.05, 4.69) is 26.2 Å². The summed E-state index contributed by atoms with van der Waals surface area (Å²) in [4.78, 5) is 16.6. The smallest absolute Gasteiger partial charge is 0.262 e. The van der Waals surface area contributed by atoms with Crippen molar-refractivity contribution in [1.82, 2.24) is 10.3 Å². The van der Waals surface area contributed by atoms with Gasteiger partial charge in [-0.15, -0.1) is 11.3 Å². The maximum atomic E-state index is 11.9. The van der Waals surface area contributed by atoms with Crippen LogP contribution in [0.3, 0.4) is 0 Å². The fourth-order valence-corrected chi connectivity index (χ4v) is 2.63. The first-order chi connectivity index (χ1) is 8.06. The SMILES string of the molecule is Cc1cnc(C(C)NC(=O)c2ccc(Br)s2)o1. The second-order valence-electron chi connectivity index (χ2n) is 3.61. The van der Waals surface area contributed by atoms with Crippen LogP contribution in [0.1, 0.15) is 34.3 Å². The lowest BCUT2D eigenvalue weighted by atomic mass is 10.3. The zero-order valence-electron chi connectivity index (χ0n) is 9.36. The third-order valence-electron chi connectivity index (χ3n) is 2.15. The van der Waals surface area contributed by atoms with E-state index in [1.807, 2.05) is 19.9 Å². The van der Waals surface area contributed by atoms with Crippen LogP contribution < -0.4 is 5.32 Å². The lowest BCUT2D eigenvalue weighted by molar-refractivity contribution is 0.0938. The number of rotatable bonds is 3. The number of amides is 1. The van der Waals surface area contributed by atoms with E-state index in [0.29, 0.717) is 10.8 Å². The van der Waals surface area contributed by atoms with Crippen LogP contribution in [0, 0.1) is 6.92 Å². The number of hydrogen-bond donors (Lipinski definition) is 1. The van der Waals surface area contributed by atoms with Crippen LogP contribution in [0.5, 0.6) is 0 Å². The van der Waals surface area contributed by atoms with Gasteiger partial charge < -0.3 is 9.73 Å². The Labute approximate surface area is 111 Å². The van der Waals surface area contributed by atoms with Crippen LogP contribution in [0.2, 0.25) is 0 Å². The van der Waals surface area contributed by atoms with Crippen molar-refractivity contribution in [3.63, 3.8) is 0 Å². The van der Waals surface area contributed by atoms with E-state index in [0.717, 1.165) is 9.55 Å². The molecule has 0 bridgehead atoms. The van der Waals surface area contributed by atoms with Gasteiger partial charge in [0.1, 0.15) is 11.8 Å². The first kappa shape index (κ1) is 12.3. The highest BCUT2D eigenvalue weighted by Crippen LogP contribution is 2.22. The van der Waals surface area contributed by atoms with Gasteiger partial charge in [0.2, 0.25) is 5.89 Å². The molecule has 2 aromatic rings. The van der Waals surface area contributed by atoms with Crippen molar-refractivity contribution in [2.24, 2.45) is 0 Å². The second-order valence-corrected chi connectivity index (χ2v) is 6.07. The Hall–Kier alpha value is -1.14. The Bertz CT molecular complexity index is 535. The van der Waals surface area contributed by atoms with Crippen LogP contribution in [0.15, 0.2) is 26.5 Å². The maximum Gasteiger partial charge on any atom is 0.262 e. The topological polar surface area (TPSA) is 55.1 Å². The van der Waals surface area contributed by atoms with E-state index in [1.165, 1.54) is 11.3 Å². The Balaban J connectivity index is 2.04. The van der Waals surface area contributed by atoms with Gasteiger partial charge >= 0.3 is 0 Å². The fourth-order valence-electron chi connectivity index (χ4n) is 1.34. The monoisotopic (exact) mass is 314 g/mol. The van der Waals surface area contributed by atoms with Gasteiger partial charge in [-0.25, -0.2) is 4.98 Å². The summed E-state index contributed by atoms with van der Waals surface area (Å²) >= 11 is 4.71. The summed E-state index contributed by atoms with van der Waals surface area (Å²) in [7, 11) is 0. The maximum absolute atomic E-state index is 11.9. The summed E-state index contributed by atoms with van der Waals surface area (Å²) in [6.07, 6.45) is 1.64. The molecule has 2 aromatic heterocycles. The molecule has 2 heterocycles. The predicted molar refractivity (Wildman–Crippen MR) is 69.1 cm³/mol. The number of aromatic nitrogens is 1. The van der Waals surface area contributed by atoms with Gasteiger partial charge in [0.25, 0.3) is 5.91 Å². The molecule has 0 saturated carbocycles. The molecule has 0 fully saturated rings. The van der Waals surface area contributed by atoms with Crippen molar-refractivity contribution in [3.8, 4) is 0 Å².